The number of benzene rings is 1. The summed E-state index contributed by atoms with van der Waals surface area (Å²) in [6.45, 7) is 0.288. The highest BCUT2D eigenvalue weighted by Gasteiger charge is 2.36. The minimum Gasteiger partial charge on any atom is -0.480 e. The summed E-state index contributed by atoms with van der Waals surface area (Å²) in [4.78, 5) is 13.1. The number of carbonyl (C=O) groups excluding carboxylic acids is 1. The van der Waals surface area contributed by atoms with Crippen molar-refractivity contribution in [2.24, 2.45) is 0 Å². The Bertz CT molecular complexity index is 668. The Morgan fingerprint density at radius 3 is 2.57 bits per heavy atom. The number of carbonyl (C=O) groups is 1. The van der Waals surface area contributed by atoms with Crippen molar-refractivity contribution in [2.75, 3.05) is 6.54 Å². The predicted octanol–water partition coefficient (Wildman–Crippen LogP) is 3.69. The second kappa shape index (κ2) is 5.50. The van der Waals surface area contributed by atoms with Crippen LogP contribution in [0.15, 0.2) is 24.3 Å². The number of ether oxygens (including phenoxy) is 1. The molecule has 1 aromatic rings. The highest BCUT2D eigenvalue weighted by atomic mass is 19.4. The number of likely N-dealkylation sites (tertiary alicyclic amines) is 1. The highest BCUT2D eigenvalue weighted by Crippen LogP contribution is 2.40. The SMILES string of the molecule is O=C1CCCN1C1=CC(C(F)F)Oc2ccc(C(F)(F)F)cc21. The zero-order chi connectivity index (χ0) is 16.8. The first-order valence-corrected chi connectivity index (χ1v) is 6.96. The molecule has 1 amide bonds. The molecule has 1 atom stereocenters. The Morgan fingerprint density at radius 2 is 2.00 bits per heavy atom. The molecular formula is C15H12F5NO2. The summed E-state index contributed by atoms with van der Waals surface area (Å²) >= 11 is 0. The molecule has 3 nitrogen and oxygen atoms in total. The number of halogens is 5. The van der Waals surface area contributed by atoms with E-state index in [1.54, 1.807) is 0 Å². The highest BCUT2D eigenvalue weighted by molar-refractivity contribution is 5.90. The van der Waals surface area contributed by atoms with Gasteiger partial charge in [-0.1, -0.05) is 0 Å². The molecule has 0 aliphatic carbocycles. The van der Waals surface area contributed by atoms with Gasteiger partial charge in [-0.3, -0.25) is 4.79 Å². The van der Waals surface area contributed by atoms with Crippen molar-refractivity contribution in [3.05, 3.63) is 35.4 Å². The lowest BCUT2D eigenvalue weighted by Crippen LogP contribution is -2.32. The van der Waals surface area contributed by atoms with Crippen LogP contribution in [0.5, 0.6) is 5.75 Å². The van der Waals surface area contributed by atoms with Crippen LogP contribution in [0.2, 0.25) is 0 Å². The number of nitrogens with zero attached hydrogens (tertiary/aromatic N) is 1. The molecule has 1 saturated heterocycles. The Hall–Kier alpha value is -2.12. The molecule has 8 heteroatoms. The van der Waals surface area contributed by atoms with Crippen LogP contribution in [0.3, 0.4) is 0 Å². The van der Waals surface area contributed by atoms with E-state index in [0.717, 1.165) is 24.3 Å². The van der Waals surface area contributed by atoms with Crippen LogP contribution >= 0.6 is 0 Å². The zero-order valence-electron chi connectivity index (χ0n) is 11.7. The van der Waals surface area contributed by atoms with Crippen molar-refractivity contribution < 1.29 is 31.5 Å². The smallest absolute Gasteiger partial charge is 0.416 e. The Labute approximate surface area is 128 Å². The number of fused-ring (bicyclic) bond motifs is 1. The standard InChI is InChI=1S/C15H12F5NO2/c16-14(17)12-7-10(21-5-1-2-13(21)22)9-6-8(15(18,19)20)3-4-11(9)23-12/h3-4,6-7,12,14H,1-2,5H2. The number of rotatable bonds is 2. The fraction of sp³-hybridized carbons (Fsp3) is 0.400. The fourth-order valence-corrected chi connectivity index (χ4v) is 2.70. The minimum atomic E-state index is -4.57. The third kappa shape index (κ3) is 2.89. The van der Waals surface area contributed by atoms with E-state index in [2.05, 4.69) is 0 Å². The van der Waals surface area contributed by atoms with E-state index in [1.165, 1.54) is 4.90 Å². The summed E-state index contributed by atoms with van der Waals surface area (Å²) in [5.74, 6) is -0.380. The van der Waals surface area contributed by atoms with Gasteiger partial charge in [0.1, 0.15) is 5.75 Å². The van der Waals surface area contributed by atoms with E-state index in [-0.39, 0.29) is 35.9 Å². The molecule has 2 aliphatic heterocycles. The minimum absolute atomic E-state index is 0.00646. The normalized spacial score (nSPS) is 21.3. The van der Waals surface area contributed by atoms with Crippen molar-refractivity contribution in [3.63, 3.8) is 0 Å². The van der Waals surface area contributed by atoms with Gasteiger partial charge in [0.05, 0.1) is 11.3 Å². The maximum atomic E-state index is 13.0. The first-order chi connectivity index (χ1) is 10.8. The lowest BCUT2D eigenvalue weighted by Gasteiger charge is -2.30. The second-order valence-corrected chi connectivity index (χ2v) is 5.33. The predicted molar refractivity (Wildman–Crippen MR) is 70.8 cm³/mol. The van der Waals surface area contributed by atoms with Crippen LogP contribution in [-0.2, 0) is 11.0 Å². The third-order valence-corrected chi connectivity index (χ3v) is 3.78. The van der Waals surface area contributed by atoms with E-state index >= 15 is 0 Å². The summed E-state index contributed by atoms with van der Waals surface area (Å²) in [5.41, 5.74) is -0.856. The van der Waals surface area contributed by atoms with E-state index in [4.69, 9.17) is 4.74 Å². The largest absolute Gasteiger partial charge is 0.480 e. The number of hydrogen-bond donors (Lipinski definition) is 0. The van der Waals surface area contributed by atoms with Crippen molar-refractivity contribution in [3.8, 4) is 5.75 Å². The van der Waals surface area contributed by atoms with Gasteiger partial charge < -0.3 is 9.64 Å². The topological polar surface area (TPSA) is 29.5 Å². The van der Waals surface area contributed by atoms with Gasteiger partial charge in [0.15, 0.2) is 6.10 Å². The van der Waals surface area contributed by atoms with Gasteiger partial charge in [-0.25, -0.2) is 8.78 Å². The summed E-state index contributed by atoms with van der Waals surface area (Å²) in [5, 5.41) is 0. The Kier molecular flexibility index (Phi) is 3.77. The van der Waals surface area contributed by atoms with Crippen molar-refractivity contribution in [2.45, 2.75) is 31.5 Å². The fourth-order valence-electron chi connectivity index (χ4n) is 2.70. The van der Waals surface area contributed by atoms with Crippen LogP contribution in [0, 0.1) is 0 Å². The lowest BCUT2D eigenvalue weighted by molar-refractivity contribution is -0.137. The first kappa shape index (κ1) is 15.8. The molecule has 0 bridgehead atoms. The van der Waals surface area contributed by atoms with E-state index in [1.807, 2.05) is 0 Å². The quantitative estimate of drug-likeness (QED) is 0.773. The van der Waals surface area contributed by atoms with Crippen molar-refractivity contribution in [1.29, 1.82) is 0 Å². The van der Waals surface area contributed by atoms with Crippen LogP contribution in [0.4, 0.5) is 22.0 Å². The van der Waals surface area contributed by atoms with Crippen molar-refractivity contribution in [1.82, 2.24) is 4.90 Å². The number of hydrogen-bond acceptors (Lipinski definition) is 2. The number of alkyl halides is 5. The molecule has 0 aromatic heterocycles. The van der Waals surface area contributed by atoms with Gasteiger partial charge in [0, 0.05) is 18.5 Å². The van der Waals surface area contributed by atoms with Crippen LogP contribution in [-0.4, -0.2) is 29.9 Å². The van der Waals surface area contributed by atoms with E-state index in [9.17, 15) is 26.7 Å². The summed E-state index contributed by atoms with van der Waals surface area (Å²) in [6, 6.07) is 2.62. The summed E-state index contributed by atoms with van der Waals surface area (Å²) < 4.78 is 69.7. The average molecular weight is 333 g/mol. The van der Waals surface area contributed by atoms with Crippen LogP contribution in [0.1, 0.15) is 24.0 Å². The maximum absolute atomic E-state index is 13.0. The van der Waals surface area contributed by atoms with Gasteiger partial charge in [0.2, 0.25) is 5.91 Å². The van der Waals surface area contributed by atoms with Crippen LogP contribution < -0.4 is 4.74 Å². The Morgan fingerprint density at radius 1 is 1.26 bits per heavy atom. The zero-order valence-corrected chi connectivity index (χ0v) is 11.7. The van der Waals surface area contributed by atoms with Gasteiger partial charge >= 0.3 is 6.18 Å². The molecular weight excluding hydrogens is 321 g/mol. The van der Waals surface area contributed by atoms with Crippen molar-refractivity contribution >= 4 is 11.6 Å². The molecule has 23 heavy (non-hydrogen) atoms. The molecule has 0 radical (unpaired) electrons. The van der Waals surface area contributed by atoms with Gasteiger partial charge in [-0.2, -0.15) is 13.2 Å². The van der Waals surface area contributed by atoms with Gasteiger partial charge in [-0.05, 0) is 30.7 Å². The second-order valence-electron chi connectivity index (χ2n) is 5.33. The van der Waals surface area contributed by atoms with E-state index in [0.29, 0.717) is 6.42 Å². The Balaban J connectivity index is 2.09. The molecule has 1 aromatic carbocycles. The van der Waals surface area contributed by atoms with Gasteiger partial charge in [-0.15, -0.1) is 0 Å². The molecule has 124 valence electrons. The monoisotopic (exact) mass is 333 g/mol. The lowest BCUT2D eigenvalue weighted by atomic mass is 10.0. The molecule has 0 spiro atoms. The average Bonchev–Trinajstić information content (AvgIpc) is 2.90. The number of amides is 1. The molecule has 0 N–H and O–H groups in total. The summed E-state index contributed by atoms with van der Waals surface area (Å²) in [7, 11) is 0. The first-order valence-electron chi connectivity index (χ1n) is 6.96. The molecule has 1 unspecified atom stereocenters. The van der Waals surface area contributed by atoms with E-state index < -0.39 is 24.3 Å². The molecule has 1 fully saturated rings. The molecule has 2 heterocycles. The molecule has 3 rings (SSSR count). The third-order valence-electron chi connectivity index (χ3n) is 3.78. The molecule has 0 saturated carbocycles. The molecule has 2 aliphatic rings. The summed E-state index contributed by atoms with van der Waals surface area (Å²) in [6.07, 6.45) is -7.22. The van der Waals surface area contributed by atoms with Gasteiger partial charge in [0.25, 0.3) is 6.43 Å². The van der Waals surface area contributed by atoms with Crippen LogP contribution in [0.25, 0.3) is 5.70 Å². The maximum Gasteiger partial charge on any atom is 0.416 e.